The smallest absolute Gasteiger partial charge is 0.204 e. The van der Waals surface area contributed by atoms with E-state index in [1.54, 1.807) is 11.3 Å². The minimum absolute atomic E-state index is 0.149. The van der Waals surface area contributed by atoms with Gasteiger partial charge in [-0.2, -0.15) is 5.10 Å². The van der Waals surface area contributed by atoms with Gasteiger partial charge in [0.25, 0.3) is 0 Å². The van der Waals surface area contributed by atoms with E-state index in [4.69, 9.17) is 4.74 Å². The van der Waals surface area contributed by atoms with Gasteiger partial charge in [-0.1, -0.05) is 74.6 Å². The molecule has 3 aromatic carbocycles. The van der Waals surface area contributed by atoms with Crippen molar-refractivity contribution < 1.29 is 4.74 Å². The van der Waals surface area contributed by atoms with Gasteiger partial charge in [-0.3, -0.25) is 5.43 Å². The van der Waals surface area contributed by atoms with E-state index in [9.17, 15) is 0 Å². The zero-order valence-corrected chi connectivity index (χ0v) is 22.1. The minimum Gasteiger partial charge on any atom is -0.494 e. The standard InChI is InChI=1S/C30H32N4OS/c1-21-25(20-31-33-29-32-26-11-6-8-13-28(26)36-29)24-10-5-7-12-27(24)34(21)18-9-19-35-23-16-14-22(15-17-23)30(2,3)4/h5-8,10-17,20H,9,18-19H2,1-4H3,(H,32,33)/b31-20+. The molecule has 0 aliphatic heterocycles. The summed E-state index contributed by atoms with van der Waals surface area (Å²) in [5.74, 6) is 0.922. The van der Waals surface area contributed by atoms with Crippen LogP contribution in [0.4, 0.5) is 5.13 Å². The van der Waals surface area contributed by atoms with E-state index in [0.29, 0.717) is 6.61 Å². The topological polar surface area (TPSA) is 51.4 Å². The van der Waals surface area contributed by atoms with E-state index in [0.717, 1.165) is 39.6 Å². The molecule has 1 N–H and O–H groups in total. The Morgan fingerprint density at radius 2 is 1.75 bits per heavy atom. The number of rotatable bonds is 8. The molecule has 0 spiro atoms. The summed E-state index contributed by atoms with van der Waals surface area (Å²) in [4.78, 5) is 4.60. The second-order valence-electron chi connectivity index (χ2n) is 10.0. The van der Waals surface area contributed by atoms with Crippen LogP contribution < -0.4 is 10.2 Å². The Morgan fingerprint density at radius 3 is 2.53 bits per heavy atom. The van der Waals surface area contributed by atoms with Crippen molar-refractivity contribution in [1.82, 2.24) is 9.55 Å². The SMILES string of the molecule is Cc1c(/C=N/Nc2nc3ccccc3s2)c2ccccc2n1CCCOc1ccc(C(C)(C)C)cc1. The zero-order chi connectivity index (χ0) is 25.1. The lowest BCUT2D eigenvalue weighted by molar-refractivity contribution is 0.302. The highest BCUT2D eigenvalue weighted by molar-refractivity contribution is 7.22. The maximum atomic E-state index is 6.04. The van der Waals surface area contributed by atoms with E-state index in [-0.39, 0.29) is 5.41 Å². The van der Waals surface area contributed by atoms with Crippen LogP contribution in [0.1, 0.15) is 44.0 Å². The molecule has 2 aromatic heterocycles. The normalized spacial score (nSPS) is 12.1. The second-order valence-corrected chi connectivity index (χ2v) is 11.0. The van der Waals surface area contributed by atoms with Gasteiger partial charge in [-0.25, -0.2) is 4.98 Å². The molecular formula is C30H32N4OS. The highest BCUT2D eigenvalue weighted by atomic mass is 32.1. The van der Waals surface area contributed by atoms with Crippen LogP contribution in [0.25, 0.3) is 21.1 Å². The number of benzene rings is 3. The van der Waals surface area contributed by atoms with Crippen molar-refractivity contribution in [2.24, 2.45) is 5.10 Å². The fourth-order valence-corrected chi connectivity index (χ4v) is 5.26. The third-order valence-electron chi connectivity index (χ3n) is 6.44. The van der Waals surface area contributed by atoms with Gasteiger partial charge in [0.2, 0.25) is 5.13 Å². The number of thiazole rings is 1. The number of hydrogen-bond acceptors (Lipinski definition) is 5. The predicted octanol–water partition coefficient (Wildman–Crippen LogP) is 7.77. The van der Waals surface area contributed by atoms with E-state index in [2.05, 4.69) is 102 Å². The fraction of sp³-hybridized carbons (Fsp3) is 0.267. The number of hydrogen-bond donors (Lipinski definition) is 1. The Morgan fingerprint density at radius 1 is 1.00 bits per heavy atom. The average molecular weight is 497 g/mol. The number of para-hydroxylation sites is 2. The Kier molecular flexibility index (Phi) is 6.79. The average Bonchev–Trinajstić information content (AvgIpc) is 3.40. The lowest BCUT2D eigenvalue weighted by Gasteiger charge is -2.19. The molecule has 6 heteroatoms. The van der Waals surface area contributed by atoms with Crippen LogP contribution in [0.5, 0.6) is 5.75 Å². The Bertz CT molecular complexity index is 1470. The van der Waals surface area contributed by atoms with Gasteiger partial charge in [0, 0.05) is 28.7 Å². The number of aryl methyl sites for hydroxylation is 1. The summed E-state index contributed by atoms with van der Waals surface area (Å²) in [6, 6.07) is 25.1. The number of nitrogens with zero attached hydrogens (tertiary/aromatic N) is 3. The molecule has 0 aliphatic rings. The molecule has 0 unspecified atom stereocenters. The molecule has 0 fully saturated rings. The summed E-state index contributed by atoms with van der Waals surface area (Å²) >= 11 is 1.60. The van der Waals surface area contributed by atoms with Crippen molar-refractivity contribution in [1.29, 1.82) is 0 Å². The first-order valence-corrected chi connectivity index (χ1v) is 13.2. The lowest BCUT2D eigenvalue weighted by Crippen LogP contribution is -2.10. The van der Waals surface area contributed by atoms with Gasteiger partial charge in [0.15, 0.2) is 0 Å². The van der Waals surface area contributed by atoms with Gasteiger partial charge in [-0.05, 0) is 54.7 Å². The molecule has 2 heterocycles. The molecule has 184 valence electrons. The van der Waals surface area contributed by atoms with Crippen molar-refractivity contribution in [3.63, 3.8) is 0 Å². The van der Waals surface area contributed by atoms with E-state index >= 15 is 0 Å². The molecule has 36 heavy (non-hydrogen) atoms. The molecule has 0 atom stereocenters. The van der Waals surface area contributed by atoms with Gasteiger partial charge in [0.05, 0.1) is 23.0 Å². The molecule has 0 aliphatic carbocycles. The van der Waals surface area contributed by atoms with Gasteiger partial charge in [-0.15, -0.1) is 0 Å². The second kappa shape index (κ2) is 10.2. The molecule has 5 aromatic rings. The molecule has 0 amide bonds. The van der Waals surface area contributed by atoms with Crippen molar-refractivity contribution in [3.05, 3.63) is 89.6 Å². The molecule has 5 rings (SSSR count). The minimum atomic E-state index is 0.149. The summed E-state index contributed by atoms with van der Waals surface area (Å²) in [6.45, 7) is 10.4. The van der Waals surface area contributed by atoms with Crippen LogP contribution in [0.15, 0.2) is 77.9 Å². The van der Waals surface area contributed by atoms with Crippen molar-refractivity contribution in [3.8, 4) is 5.75 Å². The van der Waals surface area contributed by atoms with Crippen LogP contribution in [-0.2, 0) is 12.0 Å². The van der Waals surface area contributed by atoms with Gasteiger partial charge < -0.3 is 9.30 Å². The highest BCUT2D eigenvalue weighted by Gasteiger charge is 2.14. The first-order chi connectivity index (χ1) is 17.4. The third-order valence-corrected chi connectivity index (χ3v) is 7.38. The maximum Gasteiger partial charge on any atom is 0.204 e. The third kappa shape index (κ3) is 5.14. The number of nitrogens with one attached hydrogen (secondary N) is 1. The summed E-state index contributed by atoms with van der Waals surface area (Å²) in [7, 11) is 0. The maximum absolute atomic E-state index is 6.04. The summed E-state index contributed by atoms with van der Waals surface area (Å²) in [5.41, 5.74) is 9.10. The number of hydrazone groups is 1. The number of ether oxygens (including phenoxy) is 1. The predicted molar refractivity (Wildman–Crippen MR) is 153 cm³/mol. The quantitative estimate of drug-likeness (QED) is 0.136. The fourth-order valence-electron chi connectivity index (χ4n) is 4.44. The van der Waals surface area contributed by atoms with E-state index in [1.165, 1.54) is 22.2 Å². The zero-order valence-electron chi connectivity index (χ0n) is 21.3. The molecule has 5 nitrogen and oxygen atoms in total. The summed E-state index contributed by atoms with van der Waals surface area (Å²) in [5, 5.41) is 6.52. The molecule has 0 saturated heterocycles. The highest BCUT2D eigenvalue weighted by Crippen LogP contribution is 2.27. The first-order valence-electron chi connectivity index (χ1n) is 12.4. The van der Waals surface area contributed by atoms with E-state index < -0.39 is 0 Å². The summed E-state index contributed by atoms with van der Waals surface area (Å²) in [6.07, 6.45) is 2.83. The largest absolute Gasteiger partial charge is 0.494 e. The molecular weight excluding hydrogens is 464 g/mol. The van der Waals surface area contributed by atoms with Crippen molar-refractivity contribution in [2.45, 2.75) is 46.1 Å². The Labute approximate surface area is 216 Å². The van der Waals surface area contributed by atoms with Crippen LogP contribution in [0.3, 0.4) is 0 Å². The molecule has 0 saturated carbocycles. The van der Waals surface area contributed by atoms with Crippen molar-refractivity contribution in [2.75, 3.05) is 12.0 Å². The van der Waals surface area contributed by atoms with Gasteiger partial charge in [0.1, 0.15) is 5.75 Å². The summed E-state index contributed by atoms with van der Waals surface area (Å²) < 4.78 is 9.55. The van der Waals surface area contributed by atoms with Crippen LogP contribution in [0.2, 0.25) is 0 Å². The van der Waals surface area contributed by atoms with Crippen LogP contribution >= 0.6 is 11.3 Å². The monoisotopic (exact) mass is 496 g/mol. The molecule has 0 radical (unpaired) electrons. The first kappa shape index (κ1) is 24.1. The van der Waals surface area contributed by atoms with Crippen LogP contribution in [0, 0.1) is 6.92 Å². The Hall–Kier alpha value is -3.64. The lowest BCUT2D eigenvalue weighted by atomic mass is 9.87. The Balaban J connectivity index is 1.26. The number of fused-ring (bicyclic) bond motifs is 2. The van der Waals surface area contributed by atoms with Crippen molar-refractivity contribution >= 4 is 43.8 Å². The number of anilines is 1. The number of aromatic nitrogens is 2. The van der Waals surface area contributed by atoms with Gasteiger partial charge >= 0.3 is 0 Å². The molecule has 0 bridgehead atoms. The van der Waals surface area contributed by atoms with E-state index in [1.807, 2.05) is 24.4 Å². The van der Waals surface area contributed by atoms with Crippen LogP contribution in [-0.4, -0.2) is 22.4 Å².